The average molecular weight is 536 g/mol. The summed E-state index contributed by atoms with van der Waals surface area (Å²) in [6.07, 6.45) is 5.12. The number of carbonyl (C=O) groups is 1. The normalized spacial score (nSPS) is 27.0. The maximum absolute atomic E-state index is 14.8. The molecule has 194 valence electrons. The smallest absolute Gasteiger partial charge is 0.343 e. The summed E-state index contributed by atoms with van der Waals surface area (Å²) in [7, 11) is -2.27. The van der Waals surface area contributed by atoms with E-state index in [9.17, 15) is 22.7 Å². The highest BCUT2D eigenvalue weighted by Gasteiger charge is 2.47. The summed E-state index contributed by atoms with van der Waals surface area (Å²) in [5.74, 6) is -1.27. The molecule has 1 saturated heterocycles. The number of para-hydroxylation sites is 1. The molecule has 1 unspecified atom stereocenters. The summed E-state index contributed by atoms with van der Waals surface area (Å²) in [5.41, 5.74) is -0.724. The lowest BCUT2D eigenvalue weighted by Gasteiger charge is -2.36. The van der Waals surface area contributed by atoms with Gasteiger partial charge in [0.25, 0.3) is 0 Å². The largest absolute Gasteiger partial charge is 0.479 e. The van der Waals surface area contributed by atoms with Crippen molar-refractivity contribution in [3.63, 3.8) is 0 Å². The molecule has 0 amide bonds. The number of sulfonamides is 1. The van der Waals surface area contributed by atoms with Crippen molar-refractivity contribution in [1.29, 1.82) is 0 Å². The van der Waals surface area contributed by atoms with Crippen LogP contribution in [-0.4, -0.2) is 62.2 Å². The van der Waals surface area contributed by atoms with Gasteiger partial charge in [0.15, 0.2) is 0 Å². The van der Waals surface area contributed by atoms with Crippen molar-refractivity contribution in [3.8, 4) is 0 Å². The molecule has 2 atom stereocenters. The Balaban J connectivity index is 1.63. The first-order chi connectivity index (χ1) is 17.1. The zero-order chi connectivity index (χ0) is 25.7. The molecule has 1 saturated carbocycles. The first-order valence-corrected chi connectivity index (χ1v) is 14.2. The Morgan fingerprint density at radius 3 is 2.44 bits per heavy atom. The van der Waals surface area contributed by atoms with Crippen LogP contribution < -0.4 is 9.80 Å². The molecule has 2 aromatic rings. The van der Waals surface area contributed by atoms with Gasteiger partial charge in [-0.2, -0.15) is 4.31 Å². The molecule has 36 heavy (non-hydrogen) atoms. The van der Waals surface area contributed by atoms with Crippen molar-refractivity contribution in [1.82, 2.24) is 4.31 Å². The maximum Gasteiger partial charge on any atom is 0.343 e. The number of alkyl halides is 1. The number of likely N-dealkylation sites (N-methyl/N-ethyl adjacent to an activating group) is 1. The van der Waals surface area contributed by atoms with Crippen LogP contribution in [0.4, 0.5) is 21.5 Å². The van der Waals surface area contributed by atoms with Crippen LogP contribution in [-0.2, 0) is 14.8 Å². The molecule has 7 nitrogen and oxygen atoms in total. The second-order valence-electron chi connectivity index (χ2n) is 10.1. The van der Waals surface area contributed by atoms with Crippen LogP contribution in [0.25, 0.3) is 0 Å². The summed E-state index contributed by atoms with van der Waals surface area (Å²) < 4.78 is 44.4. The van der Waals surface area contributed by atoms with Crippen molar-refractivity contribution in [2.24, 2.45) is 5.92 Å². The van der Waals surface area contributed by atoms with E-state index >= 15 is 0 Å². The van der Waals surface area contributed by atoms with Crippen molar-refractivity contribution >= 4 is 44.7 Å². The summed E-state index contributed by atoms with van der Waals surface area (Å²) in [4.78, 5) is 15.1. The standard InChI is InChI=1S/C26H31ClFN3O4S/c1-29-23(18-8-4-2-5-9-18)16-31(19-10-6-3-7-11-19)22-14-20(27)21(15-24(22)36(29,34)35)30-13-12-26(28,17-30)25(32)33/h3,6-7,10-11,14-15,18,23H,2,4-5,8-9,12-13,16-17H2,1H3,(H,32,33)/t23-,26?/m0/s1. The number of hydrogen-bond acceptors (Lipinski definition) is 5. The molecule has 1 aliphatic carbocycles. The number of carboxylic acids is 1. The molecule has 2 aromatic carbocycles. The van der Waals surface area contributed by atoms with Gasteiger partial charge in [-0.3, -0.25) is 0 Å². The Bertz CT molecular complexity index is 1260. The summed E-state index contributed by atoms with van der Waals surface area (Å²) in [6.45, 7) is 0.234. The average Bonchev–Trinajstić information content (AvgIpc) is 3.25. The number of rotatable bonds is 4. The highest BCUT2D eigenvalue weighted by atomic mass is 35.5. The molecule has 0 spiro atoms. The van der Waals surface area contributed by atoms with Gasteiger partial charge in [-0.05, 0) is 43.0 Å². The van der Waals surface area contributed by atoms with Crippen molar-refractivity contribution in [2.75, 3.05) is 36.5 Å². The monoisotopic (exact) mass is 535 g/mol. The molecule has 2 fully saturated rings. The Morgan fingerprint density at radius 2 is 1.81 bits per heavy atom. The Morgan fingerprint density at radius 1 is 1.11 bits per heavy atom. The molecule has 5 rings (SSSR count). The van der Waals surface area contributed by atoms with E-state index in [1.807, 2.05) is 35.2 Å². The van der Waals surface area contributed by atoms with Gasteiger partial charge in [-0.25, -0.2) is 17.6 Å². The fourth-order valence-electron chi connectivity index (χ4n) is 5.90. The van der Waals surface area contributed by atoms with Gasteiger partial charge in [-0.15, -0.1) is 0 Å². The van der Waals surface area contributed by atoms with Crippen molar-refractivity contribution < 1.29 is 22.7 Å². The fourth-order valence-corrected chi connectivity index (χ4v) is 7.77. The number of fused-ring (bicyclic) bond motifs is 1. The third-order valence-electron chi connectivity index (χ3n) is 8.02. The minimum atomic E-state index is -3.91. The first kappa shape index (κ1) is 25.3. The predicted octanol–water partition coefficient (Wildman–Crippen LogP) is 5.06. The van der Waals surface area contributed by atoms with Crippen LogP contribution in [0.1, 0.15) is 38.5 Å². The van der Waals surface area contributed by atoms with Crippen LogP contribution in [0.3, 0.4) is 0 Å². The molecule has 2 heterocycles. The summed E-state index contributed by atoms with van der Waals surface area (Å²) >= 11 is 6.69. The third kappa shape index (κ3) is 4.35. The number of hydrogen-bond donors (Lipinski definition) is 1. The lowest BCUT2D eigenvalue weighted by Crippen LogP contribution is -2.46. The van der Waals surface area contributed by atoms with Crippen LogP contribution >= 0.6 is 11.6 Å². The molecule has 1 N–H and O–H groups in total. The number of aliphatic carboxylic acids is 1. The van der Waals surface area contributed by atoms with Crippen LogP contribution in [0.15, 0.2) is 47.4 Å². The van der Waals surface area contributed by atoms with Crippen molar-refractivity contribution in [3.05, 3.63) is 47.5 Å². The van der Waals surface area contributed by atoms with Gasteiger partial charge in [0.2, 0.25) is 15.7 Å². The minimum Gasteiger partial charge on any atom is -0.479 e. The fraction of sp³-hybridized carbons (Fsp3) is 0.500. The molecular weight excluding hydrogens is 505 g/mol. The van der Waals surface area contributed by atoms with E-state index in [4.69, 9.17) is 11.6 Å². The van der Waals surface area contributed by atoms with E-state index in [0.717, 1.165) is 31.4 Å². The second kappa shape index (κ2) is 9.50. The molecule has 0 radical (unpaired) electrons. The Kier molecular flexibility index (Phi) is 6.68. The molecular formula is C26H31ClFN3O4S. The summed E-state index contributed by atoms with van der Waals surface area (Å²) in [5, 5.41) is 9.59. The second-order valence-corrected chi connectivity index (χ2v) is 12.5. The predicted molar refractivity (Wildman–Crippen MR) is 139 cm³/mol. The highest BCUT2D eigenvalue weighted by molar-refractivity contribution is 7.89. The number of anilines is 3. The van der Waals surface area contributed by atoms with E-state index in [1.165, 1.54) is 21.7 Å². The Hall–Kier alpha value is -2.36. The molecule has 0 aromatic heterocycles. The van der Waals surface area contributed by atoms with Gasteiger partial charge in [0, 0.05) is 38.3 Å². The SMILES string of the molecule is CN1[C@H](C2CCCCC2)CN(c2ccccc2)c2cc(Cl)c(N3CCC(F)(C(=O)O)C3)cc2S1(=O)=O. The van der Waals surface area contributed by atoms with Crippen molar-refractivity contribution in [2.45, 2.75) is 55.1 Å². The Labute approximate surface area is 216 Å². The molecule has 10 heteroatoms. The van der Waals surface area contributed by atoms with E-state index in [0.29, 0.717) is 17.9 Å². The van der Waals surface area contributed by atoms with Gasteiger partial charge in [0.05, 0.1) is 22.9 Å². The number of benzene rings is 2. The molecule has 0 bridgehead atoms. The zero-order valence-electron chi connectivity index (χ0n) is 20.2. The van der Waals surface area contributed by atoms with Gasteiger partial charge >= 0.3 is 5.97 Å². The lowest BCUT2D eigenvalue weighted by atomic mass is 9.83. The minimum absolute atomic E-state index is 0.0956. The molecule has 3 aliphatic rings. The first-order valence-electron chi connectivity index (χ1n) is 12.4. The molecule has 2 aliphatic heterocycles. The van der Waals surface area contributed by atoms with Crippen LogP contribution in [0.5, 0.6) is 0 Å². The number of nitrogens with zero attached hydrogens (tertiary/aromatic N) is 3. The van der Waals surface area contributed by atoms with E-state index in [-0.39, 0.29) is 41.4 Å². The van der Waals surface area contributed by atoms with Gasteiger partial charge in [-0.1, -0.05) is 49.1 Å². The topological polar surface area (TPSA) is 81.2 Å². The quantitative estimate of drug-likeness (QED) is 0.589. The van der Waals surface area contributed by atoms with E-state index in [1.54, 1.807) is 13.1 Å². The van der Waals surface area contributed by atoms with E-state index < -0.39 is 21.7 Å². The van der Waals surface area contributed by atoms with Gasteiger partial charge < -0.3 is 14.9 Å². The van der Waals surface area contributed by atoms with Crippen LogP contribution in [0.2, 0.25) is 5.02 Å². The van der Waals surface area contributed by atoms with Gasteiger partial charge in [0.1, 0.15) is 4.90 Å². The van der Waals surface area contributed by atoms with E-state index in [2.05, 4.69) is 0 Å². The third-order valence-corrected chi connectivity index (χ3v) is 10.2. The lowest BCUT2D eigenvalue weighted by molar-refractivity contribution is -0.149. The number of carboxylic acid groups (broad SMARTS) is 1. The maximum atomic E-state index is 14.8. The number of halogens is 2. The highest BCUT2D eigenvalue weighted by Crippen LogP contribution is 2.45. The summed E-state index contributed by atoms with van der Waals surface area (Å²) in [6, 6.07) is 12.6. The zero-order valence-corrected chi connectivity index (χ0v) is 21.8. The van der Waals surface area contributed by atoms with Crippen LogP contribution in [0, 0.1) is 5.92 Å².